The number of fused-ring (bicyclic) bond motifs is 1. The number of nitrogens with one attached hydrogen (secondary N) is 1. The Balaban J connectivity index is 1.40. The summed E-state index contributed by atoms with van der Waals surface area (Å²) in [5.74, 6) is 1.48. The fraction of sp³-hybridized carbons (Fsp3) is 0.235. The molecule has 2 aromatic rings. The van der Waals surface area contributed by atoms with Crippen molar-refractivity contribution in [3.63, 3.8) is 0 Å². The molecule has 1 N–H and O–H groups in total. The summed E-state index contributed by atoms with van der Waals surface area (Å²) < 4.78 is 10.6. The van der Waals surface area contributed by atoms with Crippen LogP contribution >= 0.6 is 0 Å². The van der Waals surface area contributed by atoms with Crippen LogP contribution in [0.5, 0.6) is 11.5 Å². The zero-order valence-corrected chi connectivity index (χ0v) is 13.3. The molecule has 8 nitrogen and oxygen atoms in total. The smallest absolute Gasteiger partial charge is 0.325 e. The minimum Gasteiger partial charge on any atom is -0.454 e. The van der Waals surface area contributed by atoms with Crippen LogP contribution in [0.4, 0.5) is 16.3 Å². The molecule has 4 rings (SSSR count). The van der Waals surface area contributed by atoms with Crippen molar-refractivity contribution in [3.05, 3.63) is 42.6 Å². The van der Waals surface area contributed by atoms with Crippen LogP contribution in [0.15, 0.2) is 42.6 Å². The molecule has 0 spiro atoms. The Kier molecular flexibility index (Phi) is 3.85. The van der Waals surface area contributed by atoms with Gasteiger partial charge in [0.2, 0.25) is 12.7 Å². The molecule has 1 saturated heterocycles. The molecule has 0 bridgehead atoms. The number of amides is 3. The average Bonchev–Trinajstić information content (AvgIpc) is 3.22. The van der Waals surface area contributed by atoms with Crippen LogP contribution in [-0.2, 0) is 4.79 Å². The number of carbonyl (C=O) groups excluding carboxylic acids is 2. The number of pyridine rings is 1. The van der Waals surface area contributed by atoms with Gasteiger partial charge in [0.15, 0.2) is 11.5 Å². The predicted octanol–water partition coefficient (Wildman–Crippen LogP) is 1.69. The average molecular weight is 340 g/mol. The van der Waals surface area contributed by atoms with Gasteiger partial charge in [-0.1, -0.05) is 6.07 Å². The Hall–Kier alpha value is -3.29. The molecule has 128 valence electrons. The molecule has 8 heteroatoms. The summed E-state index contributed by atoms with van der Waals surface area (Å²) in [5, 5.41) is 2.68. The lowest BCUT2D eigenvalue weighted by atomic mass is 10.2. The van der Waals surface area contributed by atoms with Crippen LogP contribution in [0.1, 0.15) is 0 Å². The van der Waals surface area contributed by atoms with Crippen molar-refractivity contribution in [2.45, 2.75) is 0 Å². The monoisotopic (exact) mass is 340 g/mol. The topological polar surface area (TPSA) is 84.0 Å². The number of benzene rings is 1. The molecule has 25 heavy (non-hydrogen) atoms. The number of aromatic nitrogens is 1. The number of ether oxygens (including phenoxy) is 2. The fourth-order valence-electron chi connectivity index (χ4n) is 2.81. The van der Waals surface area contributed by atoms with Gasteiger partial charge in [-0.15, -0.1) is 0 Å². The molecular formula is C17H16N4O4. The molecule has 0 atom stereocenters. The maximum absolute atomic E-state index is 12.6. The highest BCUT2D eigenvalue weighted by Crippen LogP contribution is 2.36. The van der Waals surface area contributed by atoms with Crippen LogP contribution in [0.25, 0.3) is 0 Å². The highest BCUT2D eigenvalue weighted by Gasteiger charge is 2.31. The fourth-order valence-corrected chi connectivity index (χ4v) is 2.81. The Morgan fingerprint density at radius 1 is 1.16 bits per heavy atom. The summed E-state index contributed by atoms with van der Waals surface area (Å²) in [5.41, 5.74) is 0.724. The summed E-state index contributed by atoms with van der Waals surface area (Å²) in [7, 11) is 0. The summed E-state index contributed by atoms with van der Waals surface area (Å²) in [4.78, 5) is 31.8. The number of carbonyl (C=O) groups is 2. The number of urea groups is 1. The molecule has 0 aliphatic carbocycles. The zero-order valence-electron chi connectivity index (χ0n) is 13.3. The van der Waals surface area contributed by atoms with E-state index >= 15 is 0 Å². The first kappa shape index (κ1) is 15.3. The van der Waals surface area contributed by atoms with Gasteiger partial charge in [0.05, 0.1) is 0 Å². The Morgan fingerprint density at radius 3 is 2.88 bits per heavy atom. The second-order valence-corrected chi connectivity index (χ2v) is 5.66. The van der Waals surface area contributed by atoms with Gasteiger partial charge in [-0.3, -0.25) is 9.69 Å². The molecule has 0 radical (unpaired) electrons. The molecule has 1 aromatic carbocycles. The van der Waals surface area contributed by atoms with Crippen molar-refractivity contribution in [1.29, 1.82) is 0 Å². The van der Waals surface area contributed by atoms with Crippen molar-refractivity contribution in [1.82, 2.24) is 9.88 Å². The lowest BCUT2D eigenvalue weighted by Gasteiger charge is -2.18. The Bertz CT molecular complexity index is 812. The van der Waals surface area contributed by atoms with Gasteiger partial charge in [0, 0.05) is 31.0 Å². The minimum absolute atomic E-state index is 0.0174. The van der Waals surface area contributed by atoms with Gasteiger partial charge in [-0.2, -0.15) is 0 Å². The van der Waals surface area contributed by atoms with Crippen LogP contribution < -0.4 is 19.7 Å². The maximum atomic E-state index is 12.6. The molecule has 1 fully saturated rings. The quantitative estimate of drug-likeness (QED) is 0.916. The molecule has 2 aliphatic rings. The molecule has 3 amide bonds. The van der Waals surface area contributed by atoms with Gasteiger partial charge < -0.3 is 19.7 Å². The number of anilines is 2. The minimum atomic E-state index is -0.278. The van der Waals surface area contributed by atoms with Crippen molar-refractivity contribution < 1.29 is 19.1 Å². The van der Waals surface area contributed by atoms with Gasteiger partial charge in [0.25, 0.3) is 0 Å². The van der Waals surface area contributed by atoms with E-state index in [0.717, 1.165) is 5.69 Å². The van der Waals surface area contributed by atoms with Crippen LogP contribution in [0.2, 0.25) is 0 Å². The first-order valence-electron chi connectivity index (χ1n) is 7.88. The standard InChI is InChI=1S/C17H16N4O4/c22-16(19-15-3-1-2-6-18-15)10-20-7-8-21(17(20)23)12-4-5-13-14(9-12)25-11-24-13/h1-6,9H,7-8,10-11H2,(H,18,19,22). The van der Waals surface area contributed by atoms with E-state index in [1.54, 1.807) is 41.4 Å². The van der Waals surface area contributed by atoms with Crippen LogP contribution in [0.3, 0.4) is 0 Å². The summed E-state index contributed by atoms with van der Waals surface area (Å²) in [6, 6.07) is 10.4. The second-order valence-electron chi connectivity index (χ2n) is 5.66. The highest BCUT2D eigenvalue weighted by molar-refractivity contribution is 5.99. The molecule has 2 aliphatic heterocycles. The van der Waals surface area contributed by atoms with E-state index in [2.05, 4.69) is 10.3 Å². The van der Waals surface area contributed by atoms with Gasteiger partial charge >= 0.3 is 6.03 Å². The van der Waals surface area contributed by atoms with Crippen molar-refractivity contribution in [2.75, 3.05) is 36.6 Å². The number of rotatable bonds is 4. The molecule has 0 saturated carbocycles. The summed E-state index contributed by atoms with van der Waals surface area (Å²) >= 11 is 0. The van der Waals surface area contributed by atoms with Gasteiger partial charge in [-0.05, 0) is 24.3 Å². The van der Waals surface area contributed by atoms with E-state index in [4.69, 9.17) is 9.47 Å². The van der Waals surface area contributed by atoms with E-state index in [9.17, 15) is 9.59 Å². The SMILES string of the molecule is O=C(CN1CCN(c2ccc3c(c2)OCO3)C1=O)Nc1ccccn1. The van der Waals surface area contributed by atoms with E-state index < -0.39 is 0 Å². The van der Waals surface area contributed by atoms with Gasteiger partial charge in [-0.25, -0.2) is 9.78 Å². The predicted molar refractivity (Wildman–Crippen MR) is 89.7 cm³/mol. The highest BCUT2D eigenvalue weighted by atomic mass is 16.7. The maximum Gasteiger partial charge on any atom is 0.325 e. The molecule has 1 aromatic heterocycles. The number of nitrogens with zero attached hydrogens (tertiary/aromatic N) is 3. The van der Waals surface area contributed by atoms with E-state index in [1.807, 2.05) is 6.07 Å². The first-order valence-corrected chi connectivity index (χ1v) is 7.88. The van der Waals surface area contributed by atoms with Crippen molar-refractivity contribution in [2.24, 2.45) is 0 Å². The van der Waals surface area contributed by atoms with Crippen molar-refractivity contribution >= 4 is 23.4 Å². The van der Waals surface area contributed by atoms with Crippen LogP contribution in [-0.4, -0.2) is 48.2 Å². The van der Waals surface area contributed by atoms with E-state index in [-0.39, 0.29) is 25.3 Å². The van der Waals surface area contributed by atoms with Gasteiger partial charge in [0.1, 0.15) is 12.4 Å². The summed E-state index contributed by atoms with van der Waals surface area (Å²) in [6.45, 7) is 1.15. The Labute approximate surface area is 144 Å². The lowest BCUT2D eigenvalue weighted by Crippen LogP contribution is -2.37. The third-order valence-electron chi connectivity index (χ3n) is 4.03. The normalized spacial score (nSPS) is 15.6. The number of hydrogen-bond acceptors (Lipinski definition) is 5. The Morgan fingerprint density at radius 2 is 2.04 bits per heavy atom. The molecular weight excluding hydrogens is 324 g/mol. The lowest BCUT2D eigenvalue weighted by molar-refractivity contribution is -0.116. The molecule has 0 unspecified atom stereocenters. The van der Waals surface area contributed by atoms with Crippen LogP contribution in [0, 0.1) is 0 Å². The van der Waals surface area contributed by atoms with Crippen molar-refractivity contribution in [3.8, 4) is 11.5 Å². The zero-order chi connectivity index (χ0) is 17.2. The first-order chi connectivity index (χ1) is 12.2. The van der Waals surface area contributed by atoms with E-state index in [1.165, 1.54) is 4.90 Å². The third kappa shape index (κ3) is 3.06. The third-order valence-corrected chi connectivity index (χ3v) is 4.03. The largest absolute Gasteiger partial charge is 0.454 e. The summed E-state index contributed by atoms with van der Waals surface area (Å²) in [6.07, 6.45) is 1.60. The second kappa shape index (κ2) is 6.31. The van der Waals surface area contributed by atoms with E-state index in [0.29, 0.717) is 30.4 Å². The molecule has 3 heterocycles. The number of hydrogen-bond donors (Lipinski definition) is 1.